The Morgan fingerprint density at radius 1 is 1.00 bits per heavy atom. The fourth-order valence-electron chi connectivity index (χ4n) is 2.33. The number of hydrogen-bond acceptors (Lipinski definition) is 3. The Morgan fingerprint density at radius 2 is 1.67 bits per heavy atom. The van der Waals surface area contributed by atoms with Gasteiger partial charge < -0.3 is 4.90 Å². The van der Waals surface area contributed by atoms with Crippen molar-refractivity contribution in [3.63, 3.8) is 0 Å². The SMILES string of the molecule is O=C(NC1=NCCCN1c1ccccc1)c1ccccc1. The van der Waals surface area contributed by atoms with Gasteiger partial charge in [0.1, 0.15) is 0 Å². The van der Waals surface area contributed by atoms with E-state index in [9.17, 15) is 4.79 Å². The van der Waals surface area contributed by atoms with Gasteiger partial charge in [-0.25, -0.2) is 0 Å². The lowest BCUT2D eigenvalue weighted by Gasteiger charge is -2.29. The molecule has 4 nitrogen and oxygen atoms in total. The summed E-state index contributed by atoms with van der Waals surface area (Å²) in [6, 6.07) is 19.2. The van der Waals surface area contributed by atoms with Crippen molar-refractivity contribution in [2.75, 3.05) is 18.0 Å². The molecule has 4 heteroatoms. The minimum atomic E-state index is -0.128. The standard InChI is InChI=1S/C17H17N3O/c21-16(14-8-3-1-4-9-14)19-17-18-12-7-13-20(17)15-10-5-2-6-11-15/h1-6,8-11H,7,12-13H2,(H,18,19,21). The maximum Gasteiger partial charge on any atom is 0.257 e. The van der Waals surface area contributed by atoms with E-state index < -0.39 is 0 Å². The number of nitrogens with zero attached hydrogens (tertiary/aromatic N) is 2. The highest BCUT2D eigenvalue weighted by Gasteiger charge is 2.19. The van der Waals surface area contributed by atoms with E-state index in [4.69, 9.17) is 0 Å². The van der Waals surface area contributed by atoms with Crippen molar-refractivity contribution in [2.45, 2.75) is 6.42 Å². The van der Waals surface area contributed by atoms with E-state index in [1.807, 2.05) is 53.4 Å². The Kier molecular flexibility index (Phi) is 3.96. The summed E-state index contributed by atoms with van der Waals surface area (Å²) in [4.78, 5) is 18.8. The first-order chi connectivity index (χ1) is 10.3. The van der Waals surface area contributed by atoms with Crippen LogP contribution in [-0.4, -0.2) is 25.0 Å². The highest BCUT2D eigenvalue weighted by Crippen LogP contribution is 2.16. The van der Waals surface area contributed by atoms with E-state index in [-0.39, 0.29) is 5.91 Å². The molecule has 0 radical (unpaired) electrons. The van der Waals surface area contributed by atoms with E-state index in [2.05, 4.69) is 10.3 Å². The van der Waals surface area contributed by atoms with Crippen molar-refractivity contribution in [2.24, 2.45) is 4.99 Å². The predicted molar refractivity (Wildman–Crippen MR) is 84.6 cm³/mol. The summed E-state index contributed by atoms with van der Waals surface area (Å²) in [5.41, 5.74) is 1.68. The van der Waals surface area contributed by atoms with Gasteiger partial charge in [-0.05, 0) is 30.7 Å². The monoisotopic (exact) mass is 279 g/mol. The number of carbonyl (C=O) groups excluding carboxylic acids is 1. The Bertz CT molecular complexity index is 638. The lowest BCUT2D eigenvalue weighted by molar-refractivity contribution is 0.0976. The Morgan fingerprint density at radius 3 is 2.38 bits per heavy atom. The van der Waals surface area contributed by atoms with Crippen molar-refractivity contribution in [3.8, 4) is 0 Å². The van der Waals surface area contributed by atoms with E-state index in [1.54, 1.807) is 12.1 Å². The van der Waals surface area contributed by atoms with Crippen molar-refractivity contribution in [1.82, 2.24) is 5.32 Å². The van der Waals surface area contributed by atoms with Crippen LogP contribution in [0.5, 0.6) is 0 Å². The average molecular weight is 279 g/mol. The van der Waals surface area contributed by atoms with E-state index in [0.717, 1.165) is 25.2 Å². The molecular formula is C17H17N3O. The second-order valence-corrected chi connectivity index (χ2v) is 4.87. The van der Waals surface area contributed by atoms with Gasteiger partial charge in [0.2, 0.25) is 5.96 Å². The van der Waals surface area contributed by atoms with Gasteiger partial charge in [-0.1, -0.05) is 36.4 Å². The van der Waals surface area contributed by atoms with Gasteiger partial charge in [-0.2, -0.15) is 0 Å². The first kappa shape index (κ1) is 13.4. The third kappa shape index (κ3) is 3.11. The average Bonchev–Trinajstić information content (AvgIpc) is 2.57. The van der Waals surface area contributed by atoms with Crippen LogP contribution < -0.4 is 10.2 Å². The topological polar surface area (TPSA) is 44.7 Å². The molecule has 0 atom stereocenters. The quantitative estimate of drug-likeness (QED) is 0.918. The number of rotatable bonds is 2. The minimum Gasteiger partial charge on any atom is -0.312 e. The van der Waals surface area contributed by atoms with Gasteiger partial charge in [0.15, 0.2) is 0 Å². The number of aliphatic imine (C=N–C) groups is 1. The molecule has 0 saturated carbocycles. The highest BCUT2D eigenvalue weighted by atomic mass is 16.1. The highest BCUT2D eigenvalue weighted by molar-refractivity contribution is 6.11. The molecule has 0 fully saturated rings. The molecule has 0 spiro atoms. The van der Waals surface area contributed by atoms with Gasteiger partial charge in [0, 0.05) is 24.3 Å². The lowest BCUT2D eigenvalue weighted by atomic mass is 10.2. The van der Waals surface area contributed by atoms with Gasteiger partial charge in [0.25, 0.3) is 5.91 Å². The smallest absolute Gasteiger partial charge is 0.257 e. The van der Waals surface area contributed by atoms with Gasteiger partial charge in [-0.3, -0.25) is 15.1 Å². The molecule has 3 rings (SSSR count). The van der Waals surface area contributed by atoms with Crippen molar-refractivity contribution < 1.29 is 4.79 Å². The largest absolute Gasteiger partial charge is 0.312 e. The zero-order valence-corrected chi connectivity index (χ0v) is 11.7. The van der Waals surface area contributed by atoms with Crippen molar-refractivity contribution in [3.05, 3.63) is 66.2 Å². The third-order valence-corrected chi connectivity index (χ3v) is 3.39. The van der Waals surface area contributed by atoms with Crippen molar-refractivity contribution >= 4 is 17.6 Å². The Labute approximate surface area is 124 Å². The molecule has 0 bridgehead atoms. The van der Waals surface area contributed by atoms with Crippen LogP contribution in [-0.2, 0) is 0 Å². The van der Waals surface area contributed by atoms with Crippen LogP contribution in [0.4, 0.5) is 5.69 Å². The zero-order chi connectivity index (χ0) is 14.5. The number of para-hydroxylation sites is 1. The summed E-state index contributed by atoms with van der Waals surface area (Å²) in [6.45, 7) is 1.60. The van der Waals surface area contributed by atoms with Crippen LogP contribution in [0.3, 0.4) is 0 Å². The normalized spacial score (nSPS) is 14.5. The molecule has 2 aromatic rings. The molecule has 1 heterocycles. The van der Waals surface area contributed by atoms with Gasteiger partial charge in [0.05, 0.1) is 0 Å². The van der Waals surface area contributed by atoms with Gasteiger partial charge >= 0.3 is 0 Å². The van der Waals surface area contributed by atoms with Crippen molar-refractivity contribution in [1.29, 1.82) is 0 Å². The maximum atomic E-state index is 12.3. The predicted octanol–water partition coefficient (Wildman–Crippen LogP) is 2.68. The fourth-order valence-corrected chi connectivity index (χ4v) is 2.33. The second-order valence-electron chi connectivity index (χ2n) is 4.87. The molecule has 1 aliphatic rings. The van der Waals surface area contributed by atoms with Crippen LogP contribution in [0.15, 0.2) is 65.7 Å². The number of benzene rings is 2. The lowest BCUT2D eigenvalue weighted by Crippen LogP contribution is -2.47. The molecule has 21 heavy (non-hydrogen) atoms. The van der Waals surface area contributed by atoms with E-state index in [0.29, 0.717) is 11.5 Å². The first-order valence-corrected chi connectivity index (χ1v) is 7.08. The van der Waals surface area contributed by atoms with Crippen LogP contribution in [0.2, 0.25) is 0 Å². The molecule has 106 valence electrons. The first-order valence-electron chi connectivity index (χ1n) is 7.08. The summed E-state index contributed by atoms with van der Waals surface area (Å²) in [6.07, 6.45) is 0.986. The minimum absolute atomic E-state index is 0.128. The molecule has 0 aromatic heterocycles. The summed E-state index contributed by atoms with van der Waals surface area (Å²) >= 11 is 0. The third-order valence-electron chi connectivity index (χ3n) is 3.39. The summed E-state index contributed by atoms with van der Waals surface area (Å²) in [5.74, 6) is 0.499. The molecule has 1 amide bonds. The number of guanidine groups is 1. The van der Waals surface area contributed by atoms with Gasteiger partial charge in [-0.15, -0.1) is 0 Å². The Balaban J connectivity index is 1.80. The maximum absolute atomic E-state index is 12.3. The zero-order valence-electron chi connectivity index (χ0n) is 11.7. The van der Waals surface area contributed by atoms with E-state index >= 15 is 0 Å². The van der Waals surface area contributed by atoms with Crippen LogP contribution in [0, 0.1) is 0 Å². The number of nitrogens with one attached hydrogen (secondary N) is 1. The van der Waals surface area contributed by atoms with Crippen LogP contribution >= 0.6 is 0 Å². The number of anilines is 1. The molecule has 1 N–H and O–H groups in total. The summed E-state index contributed by atoms with van der Waals surface area (Å²) in [5, 5.41) is 2.92. The molecule has 1 aliphatic heterocycles. The second kappa shape index (κ2) is 6.22. The molecule has 0 saturated heterocycles. The molecule has 2 aromatic carbocycles. The van der Waals surface area contributed by atoms with Crippen LogP contribution in [0.25, 0.3) is 0 Å². The Hall–Kier alpha value is -2.62. The van der Waals surface area contributed by atoms with Crippen LogP contribution in [0.1, 0.15) is 16.8 Å². The molecular weight excluding hydrogens is 262 g/mol. The summed E-state index contributed by atoms with van der Waals surface area (Å²) < 4.78 is 0. The number of hydrogen-bond donors (Lipinski definition) is 1. The number of amides is 1. The molecule has 0 unspecified atom stereocenters. The van der Waals surface area contributed by atoms with E-state index in [1.165, 1.54) is 0 Å². The fraction of sp³-hybridized carbons (Fsp3) is 0.176. The molecule has 0 aliphatic carbocycles. The summed E-state index contributed by atoms with van der Waals surface area (Å²) in [7, 11) is 0. The number of carbonyl (C=O) groups is 1.